The van der Waals surface area contributed by atoms with Crippen LogP contribution in [0.2, 0.25) is 0 Å². The Kier molecular flexibility index (Phi) is 2.71. The number of carbonyl (C=O) groups is 1. The number of fused-ring (bicyclic) bond motifs is 5. The van der Waals surface area contributed by atoms with E-state index in [0.717, 1.165) is 22.6 Å². The number of carboxylic acid groups (broad SMARTS) is 1. The number of aromatic nitrogens is 2. The molecule has 2 fully saturated rings. The van der Waals surface area contributed by atoms with E-state index < -0.39 is 28.5 Å². The molecular weight excluding hydrogens is 325 g/mol. The Balaban J connectivity index is 1.92. The number of nitrogens with zero attached hydrogens (tertiary/aromatic N) is 2. The number of aliphatic carboxylic acids is 1. The highest BCUT2D eigenvalue weighted by atomic mass is 32.2. The molecule has 9 heteroatoms. The van der Waals surface area contributed by atoms with Crippen LogP contribution in [0, 0.1) is 5.92 Å². The Labute approximate surface area is 126 Å². The standard InChI is InChI=1S/C12H11F3N2O2S2/c13-12(14,15)9-8-5-3-6(5)11(20-1-2-21-11)10(8)17(16-9)4-7(18)19/h5-6H,1-4H2,(H,18,19). The maximum Gasteiger partial charge on any atom is 0.435 e. The van der Waals surface area contributed by atoms with Crippen molar-refractivity contribution in [2.45, 2.75) is 29.1 Å². The van der Waals surface area contributed by atoms with Crippen molar-refractivity contribution in [1.82, 2.24) is 9.78 Å². The van der Waals surface area contributed by atoms with Crippen molar-refractivity contribution < 1.29 is 23.1 Å². The Morgan fingerprint density at radius 3 is 2.67 bits per heavy atom. The molecule has 0 bridgehead atoms. The van der Waals surface area contributed by atoms with Gasteiger partial charge in [-0.2, -0.15) is 18.3 Å². The van der Waals surface area contributed by atoms with Crippen molar-refractivity contribution >= 4 is 29.5 Å². The average molecular weight is 336 g/mol. The van der Waals surface area contributed by atoms with Crippen LogP contribution in [-0.4, -0.2) is 32.4 Å². The molecule has 2 unspecified atom stereocenters. The van der Waals surface area contributed by atoms with Gasteiger partial charge in [-0.25, -0.2) is 0 Å². The third kappa shape index (κ3) is 1.79. The molecule has 2 heterocycles. The van der Waals surface area contributed by atoms with E-state index in [4.69, 9.17) is 5.11 Å². The summed E-state index contributed by atoms with van der Waals surface area (Å²) in [6.45, 7) is -0.513. The Morgan fingerprint density at radius 1 is 1.43 bits per heavy atom. The van der Waals surface area contributed by atoms with Crippen LogP contribution in [0.5, 0.6) is 0 Å². The summed E-state index contributed by atoms with van der Waals surface area (Å²) < 4.78 is 40.3. The molecule has 1 aromatic heterocycles. The molecule has 3 aliphatic rings. The minimum absolute atomic E-state index is 0.0998. The number of carboxylic acids is 1. The summed E-state index contributed by atoms with van der Waals surface area (Å²) in [5.41, 5.74) is -0.113. The Morgan fingerprint density at radius 2 is 2.10 bits per heavy atom. The highest BCUT2D eigenvalue weighted by Gasteiger charge is 2.67. The highest BCUT2D eigenvalue weighted by Crippen LogP contribution is 2.76. The molecule has 0 radical (unpaired) electrons. The lowest BCUT2D eigenvalue weighted by molar-refractivity contribution is -0.143. The zero-order valence-corrected chi connectivity index (χ0v) is 12.3. The van der Waals surface area contributed by atoms with E-state index in [9.17, 15) is 18.0 Å². The summed E-state index contributed by atoms with van der Waals surface area (Å²) in [5.74, 6) is 0.694. The number of hydrogen-bond donors (Lipinski definition) is 1. The van der Waals surface area contributed by atoms with Crippen LogP contribution < -0.4 is 0 Å². The molecule has 1 saturated carbocycles. The van der Waals surface area contributed by atoms with Crippen molar-refractivity contribution in [2.24, 2.45) is 5.92 Å². The average Bonchev–Trinajstić information content (AvgIpc) is 2.78. The molecule has 4 rings (SSSR count). The van der Waals surface area contributed by atoms with Gasteiger partial charge in [0.25, 0.3) is 0 Å². The van der Waals surface area contributed by atoms with Gasteiger partial charge < -0.3 is 5.11 Å². The molecule has 1 aliphatic heterocycles. The smallest absolute Gasteiger partial charge is 0.435 e. The van der Waals surface area contributed by atoms with Crippen LogP contribution in [0.1, 0.15) is 29.3 Å². The van der Waals surface area contributed by atoms with Crippen molar-refractivity contribution in [3.05, 3.63) is 17.0 Å². The molecule has 114 valence electrons. The molecule has 2 atom stereocenters. The van der Waals surface area contributed by atoms with E-state index in [2.05, 4.69) is 5.10 Å². The van der Waals surface area contributed by atoms with Gasteiger partial charge in [0.2, 0.25) is 0 Å². The first-order valence-electron chi connectivity index (χ1n) is 6.52. The topological polar surface area (TPSA) is 55.1 Å². The molecule has 1 N–H and O–H groups in total. The van der Waals surface area contributed by atoms with Gasteiger partial charge in [-0.1, -0.05) is 0 Å². The largest absolute Gasteiger partial charge is 0.480 e. The van der Waals surface area contributed by atoms with Gasteiger partial charge in [0.05, 0.1) is 5.69 Å². The zero-order valence-electron chi connectivity index (χ0n) is 10.7. The van der Waals surface area contributed by atoms with Crippen LogP contribution in [0.4, 0.5) is 13.2 Å². The zero-order chi connectivity index (χ0) is 15.0. The molecule has 4 nitrogen and oxygen atoms in total. The first kappa shape index (κ1) is 13.8. The lowest BCUT2D eigenvalue weighted by Gasteiger charge is -2.25. The number of rotatable bonds is 2. The predicted octanol–water partition coefficient (Wildman–Crippen LogP) is 2.74. The molecule has 0 amide bonds. The second kappa shape index (κ2) is 4.13. The summed E-state index contributed by atoms with van der Waals surface area (Å²) in [4.78, 5) is 11.0. The second-order valence-electron chi connectivity index (χ2n) is 5.47. The number of halogens is 3. The van der Waals surface area contributed by atoms with E-state index >= 15 is 0 Å². The molecule has 21 heavy (non-hydrogen) atoms. The third-order valence-corrected chi connectivity index (χ3v) is 7.87. The van der Waals surface area contributed by atoms with Crippen molar-refractivity contribution in [3.63, 3.8) is 0 Å². The van der Waals surface area contributed by atoms with Crippen molar-refractivity contribution in [2.75, 3.05) is 11.5 Å². The third-order valence-electron chi connectivity index (χ3n) is 4.24. The number of hydrogen-bond acceptors (Lipinski definition) is 4. The lowest BCUT2D eigenvalue weighted by Crippen LogP contribution is -2.23. The van der Waals surface area contributed by atoms with Crippen LogP contribution in [0.25, 0.3) is 0 Å². The Bertz CT molecular complexity index is 637. The van der Waals surface area contributed by atoms with Gasteiger partial charge in [-0.15, -0.1) is 23.5 Å². The summed E-state index contributed by atoms with van der Waals surface area (Å²) in [6.07, 6.45) is -3.77. The van der Waals surface area contributed by atoms with Crippen LogP contribution in [0.3, 0.4) is 0 Å². The van der Waals surface area contributed by atoms with E-state index in [-0.39, 0.29) is 17.4 Å². The fraction of sp³-hybridized carbons (Fsp3) is 0.667. The van der Waals surface area contributed by atoms with E-state index in [1.54, 1.807) is 23.5 Å². The van der Waals surface area contributed by atoms with Gasteiger partial charge in [0.1, 0.15) is 10.6 Å². The Hall–Kier alpha value is -0.830. The minimum atomic E-state index is -4.53. The van der Waals surface area contributed by atoms with E-state index in [1.165, 1.54) is 0 Å². The SMILES string of the molecule is O=C(O)Cn1nc(C(F)(F)F)c2c1C1(SCCS1)C1CC21. The van der Waals surface area contributed by atoms with Gasteiger partial charge in [0, 0.05) is 17.1 Å². The summed E-state index contributed by atoms with van der Waals surface area (Å²) in [5, 5.41) is 12.6. The summed E-state index contributed by atoms with van der Waals surface area (Å²) in [7, 11) is 0. The van der Waals surface area contributed by atoms with Crippen molar-refractivity contribution in [3.8, 4) is 0 Å². The first-order valence-corrected chi connectivity index (χ1v) is 8.50. The molecule has 1 aromatic rings. The summed E-state index contributed by atoms with van der Waals surface area (Å²) in [6, 6.07) is 0. The fourth-order valence-electron chi connectivity index (χ4n) is 3.54. The maximum absolute atomic E-state index is 13.2. The van der Waals surface area contributed by atoms with Gasteiger partial charge in [-0.3, -0.25) is 9.48 Å². The van der Waals surface area contributed by atoms with Crippen LogP contribution in [0.15, 0.2) is 0 Å². The van der Waals surface area contributed by atoms with Gasteiger partial charge >= 0.3 is 12.1 Å². The molecule has 1 saturated heterocycles. The van der Waals surface area contributed by atoms with E-state index in [0.29, 0.717) is 5.69 Å². The van der Waals surface area contributed by atoms with Crippen molar-refractivity contribution in [1.29, 1.82) is 0 Å². The van der Waals surface area contributed by atoms with Crippen LogP contribution >= 0.6 is 23.5 Å². The second-order valence-corrected chi connectivity index (χ2v) is 8.41. The lowest BCUT2D eigenvalue weighted by atomic mass is 10.1. The van der Waals surface area contributed by atoms with Gasteiger partial charge in [0.15, 0.2) is 5.69 Å². The van der Waals surface area contributed by atoms with Crippen LogP contribution in [-0.2, 0) is 21.6 Å². The molecular formula is C12H11F3N2O2S2. The minimum Gasteiger partial charge on any atom is -0.480 e. The number of alkyl halides is 3. The highest BCUT2D eigenvalue weighted by molar-refractivity contribution is 8.20. The van der Waals surface area contributed by atoms with Gasteiger partial charge in [-0.05, 0) is 18.3 Å². The molecule has 1 spiro atoms. The maximum atomic E-state index is 13.2. The predicted molar refractivity (Wildman–Crippen MR) is 72.3 cm³/mol. The molecule has 0 aromatic carbocycles. The molecule has 2 aliphatic carbocycles. The van der Waals surface area contributed by atoms with E-state index in [1.807, 2.05) is 0 Å². The fourth-order valence-corrected chi connectivity index (χ4v) is 7.29. The normalized spacial score (nSPS) is 28.7. The first-order chi connectivity index (χ1) is 9.84. The quantitative estimate of drug-likeness (QED) is 0.900. The monoisotopic (exact) mass is 336 g/mol. The number of thioether (sulfide) groups is 2. The summed E-state index contributed by atoms with van der Waals surface area (Å²) >= 11 is 3.30.